The van der Waals surface area contributed by atoms with Gasteiger partial charge in [-0.15, -0.1) is 0 Å². The van der Waals surface area contributed by atoms with Gasteiger partial charge >= 0.3 is 0 Å². The molecule has 27 heavy (non-hydrogen) atoms. The second-order valence-corrected chi connectivity index (χ2v) is 7.45. The first-order valence-corrected chi connectivity index (χ1v) is 9.52. The molecular formula is C18H22N2O6S. The Bertz CT molecular complexity index is 897. The van der Waals surface area contributed by atoms with Crippen molar-refractivity contribution in [1.29, 1.82) is 0 Å². The van der Waals surface area contributed by atoms with Gasteiger partial charge < -0.3 is 19.9 Å². The van der Waals surface area contributed by atoms with Crippen LogP contribution >= 0.6 is 0 Å². The van der Waals surface area contributed by atoms with E-state index in [9.17, 15) is 18.3 Å². The first kappa shape index (κ1) is 20.7. The van der Waals surface area contributed by atoms with Gasteiger partial charge in [-0.3, -0.25) is 4.79 Å². The average molecular weight is 394 g/mol. The third kappa shape index (κ3) is 5.43. The molecule has 0 saturated heterocycles. The number of amides is 1. The molecule has 0 saturated carbocycles. The second-order valence-electron chi connectivity index (χ2n) is 5.69. The number of anilines is 1. The second kappa shape index (κ2) is 8.85. The van der Waals surface area contributed by atoms with Crippen LogP contribution in [-0.2, 0) is 14.8 Å². The largest absolute Gasteiger partial charge is 0.493 e. The number of rotatable bonds is 8. The predicted molar refractivity (Wildman–Crippen MR) is 100 cm³/mol. The van der Waals surface area contributed by atoms with E-state index in [0.29, 0.717) is 22.7 Å². The number of hydrogen-bond acceptors (Lipinski definition) is 6. The summed E-state index contributed by atoms with van der Waals surface area (Å²) in [5, 5.41) is 12.8. The Morgan fingerprint density at radius 2 is 1.70 bits per heavy atom. The molecule has 9 heteroatoms. The van der Waals surface area contributed by atoms with Crippen LogP contribution in [0.1, 0.15) is 18.6 Å². The van der Waals surface area contributed by atoms with Gasteiger partial charge in [0.05, 0.1) is 25.2 Å². The summed E-state index contributed by atoms with van der Waals surface area (Å²) >= 11 is 0. The maximum absolute atomic E-state index is 12.4. The average Bonchev–Trinajstić information content (AvgIpc) is 2.65. The van der Waals surface area contributed by atoms with E-state index in [-0.39, 0.29) is 17.3 Å². The third-order valence-electron chi connectivity index (χ3n) is 3.74. The van der Waals surface area contributed by atoms with Crippen molar-refractivity contribution in [1.82, 2.24) is 4.72 Å². The summed E-state index contributed by atoms with van der Waals surface area (Å²) in [6.45, 7) is 1.15. The van der Waals surface area contributed by atoms with Crippen LogP contribution in [0.15, 0.2) is 47.4 Å². The Hall–Kier alpha value is -2.62. The van der Waals surface area contributed by atoms with Crippen molar-refractivity contribution in [3.05, 3.63) is 48.0 Å². The van der Waals surface area contributed by atoms with Crippen molar-refractivity contribution in [3.63, 3.8) is 0 Å². The van der Waals surface area contributed by atoms with Crippen LogP contribution in [0.25, 0.3) is 0 Å². The van der Waals surface area contributed by atoms with Gasteiger partial charge in [-0.05, 0) is 42.0 Å². The maximum Gasteiger partial charge on any atom is 0.240 e. The van der Waals surface area contributed by atoms with E-state index in [1.165, 1.54) is 45.4 Å². The van der Waals surface area contributed by atoms with Crippen LogP contribution in [0.3, 0.4) is 0 Å². The zero-order valence-corrected chi connectivity index (χ0v) is 16.0. The van der Waals surface area contributed by atoms with E-state index >= 15 is 0 Å². The van der Waals surface area contributed by atoms with Gasteiger partial charge in [0.25, 0.3) is 0 Å². The minimum absolute atomic E-state index is 0.0242. The fourth-order valence-corrected chi connectivity index (χ4v) is 3.41. The summed E-state index contributed by atoms with van der Waals surface area (Å²) in [7, 11) is -0.843. The van der Waals surface area contributed by atoms with E-state index in [0.717, 1.165) is 0 Å². The van der Waals surface area contributed by atoms with Gasteiger partial charge in [-0.1, -0.05) is 6.07 Å². The van der Waals surface area contributed by atoms with E-state index in [1.54, 1.807) is 18.2 Å². The molecule has 1 unspecified atom stereocenters. The molecule has 1 amide bonds. The minimum Gasteiger partial charge on any atom is -0.493 e. The van der Waals surface area contributed by atoms with E-state index in [1.807, 2.05) is 0 Å². The Morgan fingerprint density at radius 3 is 2.26 bits per heavy atom. The van der Waals surface area contributed by atoms with Crippen LogP contribution < -0.4 is 19.5 Å². The lowest BCUT2D eigenvalue weighted by molar-refractivity contribution is -0.114. The number of nitrogens with one attached hydrogen (secondary N) is 2. The molecule has 0 aliphatic carbocycles. The van der Waals surface area contributed by atoms with Gasteiger partial charge in [0.15, 0.2) is 11.5 Å². The highest BCUT2D eigenvalue weighted by Gasteiger charge is 2.18. The summed E-state index contributed by atoms with van der Waals surface area (Å²) in [5.41, 5.74) is 0.975. The van der Waals surface area contributed by atoms with Crippen molar-refractivity contribution in [2.45, 2.75) is 17.9 Å². The van der Waals surface area contributed by atoms with E-state index in [2.05, 4.69) is 10.0 Å². The maximum atomic E-state index is 12.4. The lowest BCUT2D eigenvalue weighted by atomic mass is 10.1. The number of carbonyl (C=O) groups excluding carboxylic acids is 1. The van der Waals surface area contributed by atoms with Crippen molar-refractivity contribution in [3.8, 4) is 11.5 Å². The summed E-state index contributed by atoms with van der Waals surface area (Å²) < 4.78 is 37.4. The first-order chi connectivity index (χ1) is 12.8. The SMILES string of the molecule is COc1ccc(C(O)CNS(=O)(=O)c2ccc(NC(C)=O)cc2)cc1OC. The lowest BCUT2D eigenvalue weighted by Crippen LogP contribution is -2.28. The zero-order chi connectivity index (χ0) is 20.0. The molecule has 0 spiro atoms. The molecule has 1 atom stereocenters. The van der Waals surface area contributed by atoms with Crippen molar-refractivity contribution in [2.24, 2.45) is 0 Å². The Balaban J connectivity index is 2.07. The molecule has 0 radical (unpaired) electrons. The van der Waals surface area contributed by atoms with Gasteiger partial charge in [-0.2, -0.15) is 0 Å². The molecule has 8 nitrogen and oxygen atoms in total. The quantitative estimate of drug-likeness (QED) is 0.628. The van der Waals surface area contributed by atoms with Crippen LogP contribution in [0.4, 0.5) is 5.69 Å². The van der Waals surface area contributed by atoms with Crippen molar-refractivity contribution < 1.29 is 27.8 Å². The molecule has 0 fully saturated rings. The molecule has 0 aliphatic rings. The third-order valence-corrected chi connectivity index (χ3v) is 5.18. The number of aliphatic hydroxyl groups excluding tert-OH is 1. The summed E-state index contributed by atoms with van der Waals surface area (Å²) in [5.74, 6) is 0.695. The molecule has 0 aromatic heterocycles. The Kier molecular flexibility index (Phi) is 6.78. The van der Waals surface area contributed by atoms with Gasteiger partial charge in [-0.25, -0.2) is 13.1 Å². The standard InChI is InChI=1S/C18H22N2O6S/c1-12(21)20-14-5-7-15(8-6-14)27(23,24)19-11-16(22)13-4-9-17(25-2)18(10-13)26-3/h4-10,16,19,22H,11H2,1-3H3,(H,20,21). The van der Waals surface area contributed by atoms with E-state index in [4.69, 9.17) is 9.47 Å². The highest BCUT2D eigenvalue weighted by molar-refractivity contribution is 7.89. The van der Waals surface area contributed by atoms with Gasteiger partial charge in [0.2, 0.25) is 15.9 Å². The zero-order valence-electron chi connectivity index (χ0n) is 15.2. The molecule has 146 valence electrons. The summed E-state index contributed by atoms with van der Waals surface area (Å²) in [6.07, 6.45) is -1.07. The monoisotopic (exact) mass is 394 g/mol. The number of carbonyl (C=O) groups is 1. The first-order valence-electron chi connectivity index (χ1n) is 8.04. The van der Waals surface area contributed by atoms with Crippen molar-refractivity contribution in [2.75, 3.05) is 26.1 Å². The molecular weight excluding hydrogens is 372 g/mol. The normalized spacial score (nSPS) is 12.3. The number of methoxy groups -OCH3 is 2. The summed E-state index contributed by atoms with van der Waals surface area (Å²) in [6, 6.07) is 10.6. The van der Waals surface area contributed by atoms with Crippen LogP contribution in [0, 0.1) is 0 Å². The topological polar surface area (TPSA) is 114 Å². The summed E-state index contributed by atoms with van der Waals surface area (Å²) in [4.78, 5) is 11.0. The fraction of sp³-hybridized carbons (Fsp3) is 0.278. The number of sulfonamides is 1. The number of benzene rings is 2. The van der Waals surface area contributed by atoms with Gasteiger partial charge in [0.1, 0.15) is 0 Å². The number of hydrogen-bond donors (Lipinski definition) is 3. The highest BCUT2D eigenvalue weighted by Crippen LogP contribution is 2.29. The molecule has 2 aromatic carbocycles. The minimum atomic E-state index is -3.82. The Morgan fingerprint density at radius 1 is 1.07 bits per heavy atom. The lowest BCUT2D eigenvalue weighted by Gasteiger charge is -2.15. The molecule has 0 heterocycles. The molecule has 2 rings (SSSR count). The van der Waals surface area contributed by atoms with Crippen molar-refractivity contribution >= 4 is 21.6 Å². The number of ether oxygens (including phenoxy) is 2. The molecule has 2 aromatic rings. The number of aliphatic hydroxyl groups is 1. The smallest absolute Gasteiger partial charge is 0.240 e. The Labute approximate surface area is 158 Å². The van der Waals surface area contributed by atoms with Crippen LogP contribution in [-0.4, -0.2) is 40.2 Å². The predicted octanol–water partition coefficient (Wildman–Crippen LogP) is 1.67. The van der Waals surface area contributed by atoms with Crippen LogP contribution in [0.5, 0.6) is 11.5 Å². The van der Waals surface area contributed by atoms with Crippen LogP contribution in [0.2, 0.25) is 0 Å². The molecule has 3 N–H and O–H groups in total. The highest BCUT2D eigenvalue weighted by atomic mass is 32.2. The molecule has 0 aliphatic heterocycles. The van der Waals surface area contributed by atoms with E-state index < -0.39 is 16.1 Å². The van der Waals surface area contributed by atoms with Gasteiger partial charge in [0, 0.05) is 19.2 Å². The molecule has 0 bridgehead atoms. The fourth-order valence-electron chi connectivity index (χ4n) is 2.37.